The number of aromatic nitrogens is 3. The van der Waals surface area contributed by atoms with Gasteiger partial charge in [-0.25, -0.2) is 4.79 Å². The van der Waals surface area contributed by atoms with Crippen molar-refractivity contribution in [1.82, 2.24) is 20.3 Å². The van der Waals surface area contributed by atoms with Gasteiger partial charge in [-0.05, 0) is 167 Å². The number of hydrogen-bond donors (Lipinski definition) is 2. The number of rotatable bonds is 18. The van der Waals surface area contributed by atoms with E-state index >= 15 is 0 Å². The van der Waals surface area contributed by atoms with Gasteiger partial charge in [0, 0.05) is 56.7 Å². The summed E-state index contributed by atoms with van der Waals surface area (Å²) >= 11 is 37.9. The van der Waals surface area contributed by atoms with Crippen LogP contribution in [-0.2, 0) is 40.0 Å². The molecule has 0 bridgehead atoms. The van der Waals surface area contributed by atoms with Crippen molar-refractivity contribution in [2.24, 2.45) is 10.1 Å². The van der Waals surface area contributed by atoms with Crippen LogP contribution in [0.1, 0.15) is 112 Å². The molecule has 6 aromatic carbocycles. The van der Waals surface area contributed by atoms with Gasteiger partial charge in [0.15, 0.2) is 23.0 Å². The Morgan fingerprint density at radius 3 is 1.41 bits per heavy atom. The van der Waals surface area contributed by atoms with Crippen molar-refractivity contribution in [1.29, 1.82) is 15.8 Å². The number of hydrogen-bond acceptors (Lipinski definition) is 20. The lowest BCUT2D eigenvalue weighted by atomic mass is 10.1. The summed E-state index contributed by atoms with van der Waals surface area (Å²) < 4.78 is 26.8. The van der Waals surface area contributed by atoms with E-state index in [2.05, 4.69) is 27.0 Å². The van der Waals surface area contributed by atoms with Crippen LogP contribution in [0.5, 0.6) is 34.5 Å². The Kier molecular flexibility index (Phi) is 24.4. The number of esters is 1. The number of ketones is 2. The summed E-state index contributed by atoms with van der Waals surface area (Å²) in [4.78, 5) is 86.6. The van der Waals surface area contributed by atoms with E-state index in [1.165, 1.54) is 56.4 Å². The number of benzene rings is 6. The lowest BCUT2D eigenvalue weighted by Crippen LogP contribution is -2.36. The smallest absolute Gasteiger partial charge is 0.413 e. The largest absolute Gasteiger partial charge is 0.466 e. The first-order valence-electron chi connectivity index (χ1n) is 31.4. The number of carbonyl (C=O) groups excluding carboxylic acids is 6. The number of imide groups is 1. The van der Waals surface area contributed by atoms with Crippen molar-refractivity contribution in [3.63, 3.8) is 0 Å². The SMILES string of the molecule is CCOC(=O)CC(=O)C(C#N)=NCc1cc(Cl)c(Oc2ccc3nc(C4CC4)ccc3c2)c(Cl)c1.CCOC(=O)NC(=O)CC#N.N#CC1=NN(c2cc(Cl)c(Oc3ccc4nc(C5CC5)ccc4c3)c(Cl)c2)C(=O)CC1=O.Nc1cc(Cl)c(Oc2ccc3nc(C4CC4)ccc3c2)c(Cl)c1. The molecule has 0 spiro atoms. The van der Waals surface area contributed by atoms with E-state index in [1.54, 1.807) is 62.4 Å². The van der Waals surface area contributed by atoms with Crippen molar-refractivity contribution in [3.8, 4) is 52.7 Å². The van der Waals surface area contributed by atoms with Gasteiger partial charge in [-0.3, -0.25) is 49.2 Å². The van der Waals surface area contributed by atoms with Gasteiger partial charge in [0.2, 0.25) is 23.2 Å². The van der Waals surface area contributed by atoms with Gasteiger partial charge in [0.25, 0.3) is 5.91 Å². The number of nitriles is 3. The standard InChI is InChI=1S/C26H21Cl2N3O4.C23H14Cl2N4O3.C18H14Cl2N2O.C6H8N2O3/c1-2-34-25(33)12-24(32)23(13-29)30-14-15-9-19(27)26(20(28)10-15)35-18-6-8-22-17(11-18)5-7-21(31-22)16-3-4-16;24-16-8-14(29-22(31)10-21(30)20(11-26)28-29)9-17(25)23(16)32-15-4-6-19-13(7-15)3-5-18(27-19)12-1-2-12;19-14-8-12(21)9-15(20)18(14)23-13-4-6-17-11(7-13)3-5-16(22-17)10-1-2-10;1-2-11-6(10)8-5(9)3-4-7/h5-11,16H,2-4,12,14H2,1H3;3-9,12H,1-2,10H2;3-10H,1-2,21H2;2-3H2,1H3,(H,8,9,10). The van der Waals surface area contributed by atoms with Crippen LogP contribution in [0.15, 0.2) is 137 Å². The number of pyridine rings is 3. The van der Waals surface area contributed by atoms with Gasteiger partial charge >= 0.3 is 12.1 Å². The molecule has 22 nitrogen and oxygen atoms in total. The lowest BCUT2D eigenvalue weighted by molar-refractivity contribution is -0.144. The first-order chi connectivity index (χ1) is 48.6. The van der Waals surface area contributed by atoms with E-state index in [9.17, 15) is 34.0 Å². The molecule has 3 N–H and O–H groups in total. The Morgan fingerprint density at radius 1 is 0.584 bits per heavy atom. The average Bonchev–Trinajstić information content (AvgIpc) is 1.39. The van der Waals surface area contributed by atoms with E-state index in [0.29, 0.717) is 62.0 Å². The fraction of sp³-hybridized carbons (Fsp3) is 0.233. The van der Waals surface area contributed by atoms with E-state index < -0.39 is 48.3 Å². The van der Waals surface area contributed by atoms with Crippen LogP contribution in [0.4, 0.5) is 16.2 Å². The van der Waals surface area contributed by atoms with Crippen molar-refractivity contribution < 1.29 is 52.5 Å². The number of nitrogen functional groups attached to an aromatic ring is 1. The fourth-order valence-corrected chi connectivity index (χ4v) is 11.7. The van der Waals surface area contributed by atoms with Crippen molar-refractivity contribution in [2.75, 3.05) is 24.0 Å². The highest BCUT2D eigenvalue weighted by molar-refractivity contribution is 6.50. The van der Waals surface area contributed by atoms with E-state index in [1.807, 2.05) is 78.1 Å². The quantitative estimate of drug-likeness (QED) is 0.0349. The molecule has 3 saturated carbocycles. The molecule has 0 radical (unpaired) electrons. The number of halogens is 6. The second-order valence-corrected chi connectivity index (χ2v) is 25.4. The fourth-order valence-electron chi connectivity index (χ4n) is 9.94. The predicted octanol–water partition coefficient (Wildman–Crippen LogP) is 17.6. The van der Waals surface area contributed by atoms with Gasteiger partial charge in [-0.15, -0.1) is 0 Å². The minimum absolute atomic E-state index is 0.0256. The molecule has 512 valence electrons. The Morgan fingerprint density at radius 2 is 1.01 bits per heavy atom. The molecule has 3 aromatic heterocycles. The number of Topliss-reactive ketones (excluding diaryl/α,β-unsaturated/α-hetero) is 2. The number of nitrogens with two attached hydrogens (primary N) is 1. The third-order valence-corrected chi connectivity index (χ3v) is 17.0. The third-order valence-electron chi connectivity index (χ3n) is 15.3. The molecule has 4 heterocycles. The predicted molar refractivity (Wildman–Crippen MR) is 384 cm³/mol. The molecule has 13 rings (SSSR count). The first kappa shape index (κ1) is 73.2. The molecule has 3 amide bonds. The topological polar surface area (TPSA) is 325 Å². The van der Waals surface area contributed by atoms with Gasteiger partial charge in [-0.1, -0.05) is 87.8 Å². The highest BCUT2D eigenvalue weighted by atomic mass is 35.5. The number of hydrazone groups is 1. The molecule has 0 saturated heterocycles. The summed E-state index contributed by atoms with van der Waals surface area (Å²) in [6.07, 6.45) is 5.11. The van der Waals surface area contributed by atoms with Crippen molar-refractivity contribution in [2.45, 2.75) is 95.9 Å². The summed E-state index contributed by atoms with van der Waals surface area (Å²) in [5, 5.41) is 37.4. The Labute approximate surface area is 608 Å². The molecule has 3 aliphatic carbocycles. The Balaban J connectivity index is 0.000000154. The zero-order valence-electron chi connectivity index (χ0n) is 53.7. The molecular formula is C73H57Cl6N11O11. The molecule has 3 fully saturated rings. The monoisotopic (exact) mass is 1470 g/mol. The lowest BCUT2D eigenvalue weighted by Gasteiger charge is -2.22. The number of alkyl carbamates (subject to hydrolysis) is 1. The minimum atomic E-state index is -0.812. The molecule has 0 unspecified atom stereocenters. The van der Waals surface area contributed by atoms with Crippen molar-refractivity contribution >= 4 is 161 Å². The van der Waals surface area contributed by atoms with Crippen molar-refractivity contribution in [3.05, 3.63) is 180 Å². The van der Waals surface area contributed by atoms with Crippen LogP contribution < -0.4 is 30.3 Å². The van der Waals surface area contributed by atoms with E-state index in [-0.39, 0.29) is 74.9 Å². The number of carbonyl (C=O) groups is 6. The number of anilines is 2. The van der Waals surface area contributed by atoms with Crippen LogP contribution >= 0.6 is 69.6 Å². The molecule has 4 aliphatic rings. The van der Waals surface area contributed by atoms with Crippen LogP contribution in [0, 0.1) is 34.0 Å². The number of ether oxygens (including phenoxy) is 5. The second kappa shape index (κ2) is 33.6. The highest BCUT2D eigenvalue weighted by Crippen LogP contribution is 2.45. The minimum Gasteiger partial charge on any atom is -0.466 e. The molecule has 1 aliphatic heterocycles. The summed E-state index contributed by atoms with van der Waals surface area (Å²) in [6, 6.07) is 43.5. The zero-order valence-corrected chi connectivity index (χ0v) is 58.2. The second-order valence-electron chi connectivity index (χ2n) is 23.0. The summed E-state index contributed by atoms with van der Waals surface area (Å²) in [7, 11) is 0. The van der Waals surface area contributed by atoms with Crippen LogP contribution in [0.25, 0.3) is 32.7 Å². The highest BCUT2D eigenvalue weighted by Gasteiger charge is 2.31. The maximum absolute atomic E-state index is 12.2. The number of amides is 3. The third kappa shape index (κ3) is 19.7. The van der Waals surface area contributed by atoms with Crippen LogP contribution in [0.3, 0.4) is 0 Å². The molecule has 9 aromatic rings. The number of aliphatic imine (C=N–C) groups is 1. The summed E-state index contributed by atoms with van der Waals surface area (Å²) in [6.45, 7) is 3.57. The Hall–Kier alpha value is -10.5. The maximum atomic E-state index is 12.2. The molecule has 0 atom stereocenters. The molecular weight excluding hydrogens is 1420 g/mol. The number of nitrogens with one attached hydrogen (secondary N) is 1. The van der Waals surface area contributed by atoms with Crippen LogP contribution in [-0.4, -0.2) is 75.0 Å². The van der Waals surface area contributed by atoms with Gasteiger partial charge < -0.3 is 29.4 Å². The number of fused-ring (bicyclic) bond motifs is 3. The van der Waals surface area contributed by atoms with E-state index in [0.717, 1.165) is 49.1 Å². The van der Waals surface area contributed by atoms with Gasteiger partial charge in [0.1, 0.15) is 42.2 Å². The normalized spacial score (nSPS) is 13.9. The molecule has 101 heavy (non-hydrogen) atoms. The Bertz CT molecular complexity index is 4920. The van der Waals surface area contributed by atoms with E-state index in [4.69, 9.17) is 120 Å². The maximum Gasteiger partial charge on any atom is 0.413 e. The number of nitrogens with zero attached hydrogens (tertiary/aromatic N) is 9. The first-order valence-corrected chi connectivity index (χ1v) is 33.7. The summed E-state index contributed by atoms with van der Waals surface area (Å²) in [5.74, 6) is 1.17. The average molecular weight is 1480 g/mol. The molecule has 28 heteroatoms. The van der Waals surface area contributed by atoms with Crippen LogP contribution in [0.2, 0.25) is 30.1 Å². The summed E-state index contributed by atoms with van der Waals surface area (Å²) in [5.41, 5.74) is 12.4. The zero-order chi connectivity index (χ0) is 72.0. The van der Waals surface area contributed by atoms with Gasteiger partial charge in [0.05, 0.1) is 84.6 Å². The van der Waals surface area contributed by atoms with Gasteiger partial charge in [-0.2, -0.15) is 25.9 Å².